The van der Waals surface area contributed by atoms with Crippen molar-refractivity contribution >= 4 is 21.7 Å². The molecule has 0 N–H and O–H groups in total. The van der Waals surface area contributed by atoms with E-state index in [0.29, 0.717) is 6.61 Å². The quantitative estimate of drug-likeness (QED) is 0.788. The van der Waals surface area contributed by atoms with Gasteiger partial charge in [-0.25, -0.2) is 0 Å². The first-order valence-electron chi connectivity index (χ1n) is 5.00. The van der Waals surface area contributed by atoms with Gasteiger partial charge in [-0.15, -0.1) is 0 Å². The molecule has 1 aromatic rings. The number of carbonyl (C=O) groups excluding carboxylic acids is 1. The zero-order valence-electron chi connectivity index (χ0n) is 8.63. The summed E-state index contributed by atoms with van der Waals surface area (Å²) in [6, 6.07) is 6.31. The van der Waals surface area contributed by atoms with Gasteiger partial charge in [0.1, 0.15) is 5.78 Å². The van der Waals surface area contributed by atoms with Crippen molar-refractivity contribution in [2.24, 2.45) is 0 Å². The molecule has 0 aromatic heterocycles. The van der Waals surface area contributed by atoms with Crippen LogP contribution in [0.1, 0.15) is 23.6 Å². The summed E-state index contributed by atoms with van der Waals surface area (Å²) in [6.07, 6.45) is 0.753. The van der Waals surface area contributed by atoms with Gasteiger partial charge in [-0.2, -0.15) is 0 Å². The number of carbonyl (C=O) groups is 1. The summed E-state index contributed by atoms with van der Waals surface area (Å²) in [4.78, 5) is 11.0. The Hall–Kier alpha value is -0.670. The van der Waals surface area contributed by atoms with Gasteiger partial charge in [-0.05, 0) is 30.0 Å². The highest BCUT2D eigenvalue weighted by molar-refractivity contribution is 9.10. The third-order valence-corrected chi connectivity index (χ3v) is 3.61. The molecule has 15 heavy (non-hydrogen) atoms. The normalized spacial score (nSPS) is 16.1. The first-order valence-corrected chi connectivity index (χ1v) is 5.91. The highest BCUT2D eigenvalue weighted by Gasteiger charge is 2.14. The van der Waals surface area contributed by atoms with Crippen LogP contribution in [0.2, 0.25) is 0 Å². The summed E-state index contributed by atoms with van der Waals surface area (Å²) < 4.78 is 5.34. The molecule has 2 nitrogen and oxygen atoms in total. The van der Waals surface area contributed by atoms with Gasteiger partial charge < -0.3 is 4.74 Å². The maximum absolute atomic E-state index is 11.1. The second-order valence-electron chi connectivity index (χ2n) is 3.88. The predicted octanol–water partition coefficient (Wildman–Crippen LogP) is 2.61. The fourth-order valence-electron chi connectivity index (χ4n) is 1.70. The van der Waals surface area contributed by atoms with E-state index in [2.05, 4.69) is 34.1 Å². The summed E-state index contributed by atoms with van der Waals surface area (Å²) in [5.41, 5.74) is 3.72. The number of rotatable bonds is 3. The van der Waals surface area contributed by atoms with Crippen LogP contribution < -0.4 is 0 Å². The molecule has 1 aliphatic rings. The van der Waals surface area contributed by atoms with Gasteiger partial charge in [0.25, 0.3) is 0 Å². The van der Waals surface area contributed by atoms with E-state index in [4.69, 9.17) is 4.74 Å². The Morgan fingerprint density at radius 2 is 2.20 bits per heavy atom. The first kappa shape index (κ1) is 10.8. The number of halogens is 1. The minimum Gasteiger partial charge on any atom is -0.372 e. The topological polar surface area (TPSA) is 26.3 Å². The average molecular weight is 269 g/mol. The predicted molar refractivity (Wildman–Crippen MR) is 62.0 cm³/mol. The molecule has 1 heterocycles. The second-order valence-corrected chi connectivity index (χ2v) is 4.98. The van der Waals surface area contributed by atoms with Crippen LogP contribution in [0.15, 0.2) is 18.2 Å². The summed E-state index contributed by atoms with van der Waals surface area (Å²) in [7, 11) is 0. The van der Waals surface area contributed by atoms with Crippen molar-refractivity contribution in [1.29, 1.82) is 0 Å². The number of alkyl halides is 1. The van der Waals surface area contributed by atoms with Gasteiger partial charge in [0.05, 0.1) is 18.0 Å². The molecule has 1 atom stereocenters. The van der Waals surface area contributed by atoms with Gasteiger partial charge in [0.15, 0.2) is 0 Å². The SMILES string of the molecule is CC(=O)C(Br)Cc1ccc2c(c1)COC2. The van der Waals surface area contributed by atoms with Crippen molar-refractivity contribution in [3.63, 3.8) is 0 Å². The Morgan fingerprint density at radius 3 is 2.93 bits per heavy atom. The maximum atomic E-state index is 11.1. The number of ether oxygens (including phenoxy) is 1. The molecule has 0 bridgehead atoms. The Balaban J connectivity index is 2.13. The second kappa shape index (κ2) is 4.45. The molecule has 1 unspecified atom stereocenters. The van der Waals surface area contributed by atoms with E-state index in [9.17, 15) is 4.79 Å². The van der Waals surface area contributed by atoms with E-state index in [0.717, 1.165) is 13.0 Å². The molecule has 1 aliphatic heterocycles. The van der Waals surface area contributed by atoms with Crippen molar-refractivity contribution in [3.8, 4) is 0 Å². The van der Waals surface area contributed by atoms with Gasteiger partial charge in [0, 0.05) is 0 Å². The zero-order chi connectivity index (χ0) is 10.8. The fourth-order valence-corrected chi connectivity index (χ4v) is 2.08. The smallest absolute Gasteiger partial charge is 0.143 e. The lowest BCUT2D eigenvalue weighted by atomic mass is 10.0. The van der Waals surface area contributed by atoms with E-state index in [-0.39, 0.29) is 10.6 Å². The molecule has 0 aliphatic carbocycles. The van der Waals surface area contributed by atoms with Crippen LogP contribution in [0, 0.1) is 0 Å². The summed E-state index contributed by atoms with van der Waals surface area (Å²) in [6.45, 7) is 3.03. The van der Waals surface area contributed by atoms with Gasteiger partial charge >= 0.3 is 0 Å². The van der Waals surface area contributed by atoms with Crippen LogP contribution in [0.5, 0.6) is 0 Å². The number of Topliss-reactive ketones (excluding diaryl/α,β-unsaturated/α-hetero) is 1. The average Bonchev–Trinajstić information content (AvgIpc) is 2.64. The fraction of sp³-hybridized carbons (Fsp3) is 0.417. The number of benzene rings is 1. The van der Waals surface area contributed by atoms with E-state index < -0.39 is 0 Å². The third-order valence-electron chi connectivity index (χ3n) is 2.64. The van der Waals surface area contributed by atoms with E-state index in [1.54, 1.807) is 6.92 Å². The lowest BCUT2D eigenvalue weighted by molar-refractivity contribution is -0.116. The molecule has 2 rings (SSSR count). The van der Waals surface area contributed by atoms with Crippen molar-refractivity contribution in [3.05, 3.63) is 34.9 Å². The molecule has 0 spiro atoms. The van der Waals surface area contributed by atoms with Crippen molar-refractivity contribution in [2.45, 2.75) is 31.4 Å². The Morgan fingerprint density at radius 1 is 1.47 bits per heavy atom. The monoisotopic (exact) mass is 268 g/mol. The maximum Gasteiger partial charge on any atom is 0.143 e. The van der Waals surface area contributed by atoms with E-state index in [1.807, 2.05) is 0 Å². The standard InChI is InChI=1S/C12H13BrO2/c1-8(14)12(13)5-9-2-3-10-6-15-7-11(10)4-9/h2-4,12H,5-7H2,1H3. The van der Waals surface area contributed by atoms with Crippen LogP contribution in [-0.4, -0.2) is 10.6 Å². The summed E-state index contributed by atoms with van der Waals surface area (Å²) >= 11 is 3.38. The number of fused-ring (bicyclic) bond motifs is 1. The zero-order valence-corrected chi connectivity index (χ0v) is 10.2. The molecule has 0 saturated carbocycles. The largest absolute Gasteiger partial charge is 0.372 e. The minimum atomic E-state index is -0.0714. The first-order chi connectivity index (χ1) is 7.16. The summed E-state index contributed by atoms with van der Waals surface area (Å²) in [5.74, 6) is 0.173. The van der Waals surface area contributed by atoms with Crippen molar-refractivity contribution in [2.75, 3.05) is 0 Å². The van der Waals surface area contributed by atoms with Crippen LogP contribution in [0.25, 0.3) is 0 Å². The van der Waals surface area contributed by atoms with Gasteiger partial charge in [-0.1, -0.05) is 34.1 Å². The van der Waals surface area contributed by atoms with Gasteiger partial charge in [0.2, 0.25) is 0 Å². The van der Waals surface area contributed by atoms with Crippen LogP contribution in [0.3, 0.4) is 0 Å². The van der Waals surface area contributed by atoms with Crippen LogP contribution in [-0.2, 0) is 29.2 Å². The number of ketones is 1. The van der Waals surface area contributed by atoms with Crippen molar-refractivity contribution < 1.29 is 9.53 Å². The molecule has 1 aromatic carbocycles. The third kappa shape index (κ3) is 2.47. The highest BCUT2D eigenvalue weighted by Crippen LogP contribution is 2.22. The molecule has 80 valence electrons. The minimum absolute atomic E-state index is 0.0714. The van der Waals surface area contributed by atoms with Crippen LogP contribution >= 0.6 is 15.9 Å². The molecular formula is C12H13BrO2. The van der Waals surface area contributed by atoms with E-state index in [1.165, 1.54) is 16.7 Å². The Bertz CT molecular complexity index is 387. The molecular weight excluding hydrogens is 256 g/mol. The molecule has 0 amide bonds. The van der Waals surface area contributed by atoms with Crippen LogP contribution in [0.4, 0.5) is 0 Å². The molecule has 0 radical (unpaired) electrons. The Labute approximate surface area is 97.8 Å². The molecule has 0 saturated heterocycles. The lowest BCUT2D eigenvalue weighted by Crippen LogP contribution is -2.12. The van der Waals surface area contributed by atoms with E-state index >= 15 is 0 Å². The molecule has 0 fully saturated rings. The number of hydrogen-bond acceptors (Lipinski definition) is 2. The number of hydrogen-bond donors (Lipinski definition) is 0. The Kier molecular flexibility index (Phi) is 3.22. The highest BCUT2D eigenvalue weighted by atomic mass is 79.9. The molecule has 3 heteroatoms. The summed E-state index contributed by atoms with van der Waals surface area (Å²) in [5, 5.41) is 0. The van der Waals surface area contributed by atoms with Gasteiger partial charge in [-0.3, -0.25) is 4.79 Å². The van der Waals surface area contributed by atoms with Crippen molar-refractivity contribution in [1.82, 2.24) is 0 Å². The lowest BCUT2D eigenvalue weighted by Gasteiger charge is -2.07.